The van der Waals surface area contributed by atoms with Crippen molar-refractivity contribution in [3.8, 4) is 0 Å². The van der Waals surface area contributed by atoms with Crippen molar-refractivity contribution in [2.24, 2.45) is 0 Å². The third kappa shape index (κ3) is 3.66. The standard InChI is InChI=1S/C16H23NO3S/c1-4-5-6-7-10-16(3)12(2)17-15-9-8-13(11-14(15)16)21-20-19-18/h8-9,11,18H,4-7,10H2,1-3H3/p+1. The highest BCUT2D eigenvalue weighted by atomic mass is 32.2. The lowest BCUT2D eigenvalue weighted by atomic mass is 9.76. The summed E-state index contributed by atoms with van der Waals surface area (Å²) in [6, 6.07) is 6.12. The van der Waals surface area contributed by atoms with E-state index in [1.54, 1.807) is 0 Å². The van der Waals surface area contributed by atoms with Gasteiger partial charge in [0.1, 0.15) is 0 Å². The SMILES string of the molecule is CCCCCCC1(C)C(C)=[NH+]c2ccc(SOOO)cc21. The lowest BCUT2D eigenvalue weighted by Gasteiger charge is -2.22. The first kappa shape index (κ1) is 16.5. The van der Waals surface area contributed by atoms with Gasteiger partial charge in [0, 0.05) is 23.4 Å². The van der Waals surface area contributed by atoms with Crippen LogP contribution in [0.25, 0.3) is 0 Å². The monoisotopic (exact) mass is 310 g/mol. The molecule has 1 unspecified atom stereocenters. The summed E-state index contributed by atoms with van der Waals surface area (Å²) in [5, 5.41) is 11.9. The first-order valence-electron chi connectivity index (χ1n) is 7.52. The van der Waals surface area contributed by atoms with Crippen molar-refractivity contribution in [3.05, 3.63) is 23.8 Å². The van der Waals surface area contributed by atoms with Crippen LogP contribution >= 0.6 is 12.0 Å². The molecule has 1 aromatic carbocycles. The summed E-state index contributed by atoms with van der Waals surface area (Å²) < 4.78 is 4.53. The Morgan fingerprint density at radius 3 is 2.81 bits per heavy atom. The van der Waals surface area contributed by atoms with Gasteiger partial charge >= 0.3 is 0 Å². The van der Waals surface area contributed by atoms with Crippen LogP contribution in [0, 0.1) is 0 Å². The van der Waals surface area contributed by atoms with E-state index in [0.717, 1.165) is 23.4 Å². The number of nitrogens with one attached hydrogen (secondary N) is 1. The van der Waals surface area contributed by atoms with E-state index in [2.05, 4.69) is 47.3 Å². The Balaban J connectivity index is 2.15. The summed E-state index contributed by atoms with van der Waals surface area (Å²) in [5.41, 5.74) is 3.82. The first-order valence-corrected chi connectivity index (χ1v) is 8.26. The van der Waals surface area contributed by atoms with Crippen LogP contribution in [-0.4, -0.2) is 11.0 Å². The Morgan fingerprint density at radius 1 is 1.29 bits per heavy atom. The van der Waals surface area contributed by atoms with Crippen LogP contribution in [-0.2, 0) is 14.8 Å². The molecule has 4 nitrogen and oxygen atoms in total. The largest absolute Gasteiger partial charge is 0.220 e. The highest BCUT2D eigenvalue weighted by Crippen LogP contribution is 2.38. The Kier molecular flexibility index (Phi) is 5.81. The summed E-state index contributed by atoms with van der Waals surface area (Å²) in [4.78, 5) is 4.41. The minimum absolute atomic E-state index is 0.0553. The average molecular weight is 310 g/mol. The average Bonchev–Trinajstić information content (AvgIpc) is 2.73. The third-order valence-corrected chi connectivity index (χ3v) is 5.00. The maximum atomic E-state index is 8.27. The molecule has 1 aliphatic heterocycles. The van der Waals surface area contributed by atoms with Crippen LogP contribution in [0.15, 0.2) is 23.1 Å². The van der Waals surface area contributed by atoms with Crippen LogP contribution < -0.4 is 4.99 Å². The van der Waals surface area contributed by atoms with E-state index >= 15 is 0 Å². The van der Waals surface area contributed by atoms with Crippen molar-refractivity contribution >= 4 is 23.4 Å². The predicted molar refractivity (Wildman–Crippen MR) is 84.5 cm³/mol. The molecule has 1 aromatic rings. The summed E-state index contributed by atoms with van der Waals surface area (Å²) in [7, 11) is 0. The molecular weight excluding hydrogens is 286 g/mol. The van der Waals surface area contributed by atoms with Crippen molar-refractivity contribution in [2.75, 3.05) is 0 Å². The fourth-order valence-electron chi connectivity index (χ4n) is 2.96. The summed E-state index contributed by atoms with van der Waals surface area (Å²) >= 11 is 1.01. The van der Waals surface area contributed by atoms with Crippen molar-refractivity contribution in [3.63, 3.8) is 0 Å². The van der Waals surface area contributed by atoms with Gasteiger partial charge in [-0.3, -0.25) is 0 Å². The van der Waals surface area contributed by atoms with E-state index in [4.69, 9.17) is 5.26 Å². The van der Waals surface area contributed by atoms with Gasteiger partial charge in [-0.05, 0) is 25.5 Å². The molecule has 1 atom stereocenters. The molecule has 0 saturated heterocycles. The molecule has 0 spiro atoms. The fraction of sp³-hybridized carbons (Fsp3) is 0.562. The number of hydrogen-bond donors (Lipinski definition) is 2. The van der Waals surface area contributed by atoms with Gasteiger partial charge in [0.15, 0.2) is 5.71 Å². The molecule has 1 aliphatic rings. The minimum atomic E-state index is 0.0553. The number of fused-ring (bicyclic) bond motifs is 1. The normalized spacial score (nSPS) is 20.5. The Labute approximate surface area is 130 Å². The Bertz CT molecular complexity index is 518. The van der Waals surface area contributed by atoms with E-state index in [9.17, 15) is 0 Å². The van der Waals surface area contributed by atoms with Crippen LogP contribution in [0.5, 0.6) is 0 Å². The van der Waals surface area contributed by atoms with E-state index < -0.39 is 0 Å². The highest BCUT2D eigenvalue weighted by Gasteiger charge is 2.42. The lowest BCUT2D eigenvalue weighted by Crippen LogP contribution is -2.65. The van der Waals surface area contributed by atoms with Gasteiger partial charge in [-0.2, -0.15) is 0 Å². The fourth-order valence-corrected chi connectivity index (χ4v) is 3.36. The van der Waals surface area contributed by atoms with Crippen molar-refractivity contribution in [1.29, 1.82) is 0 Å². The van der Waals surface area contributed by atoms with Gasteiger partial charge in [0.25, 0.3) is 0 Å². The highest BCUT2D eigenvalue weighted by molar-refractivity contribution is 7.94. The maximum Gasteiger partial charge on any atom is 0.207 e. The molecule has 0 aromatic heterocycles. The Morgan fingerprint density at radius 2 is 2.10 bits per heavy atom. The van der Waals surface area contributed by atoms with Gasteiger partial charge in [-0.1, -0.05) is 37.6 Å². The predicted octanol–water partition coefficient (Wildman–Crippen LogP) is 3.53. The molecule has 0 saturated carbocycles. The zero-order chi connectivity index (χ0) is 15.3. The lowest BCUT2D eigenvalue weighted by molar-refractivity contribution is -0.432. The van der Waals surface area contributed by atoms with E-state index in [1.807, 2.05) is 6.07 Å². The molecule has 116 valence electrons. The molecule has 0 radical (unpaired) electrons. The van der Waals surface area contributed by atoms with Crippen molar-refractivity contribution in [2.45, 2.75) is 63.2 Å². The van der Waals surface area contributed by atoms with Crippen LogP contribution in [0.1, 0.15) is 58.4 Å². The van der Waals surface area contributed by atoms with E-state index in [-0.39, 0.29) is 5.41 Å². The first-order chi connectivity index (χ1) is 10.1. The van der Waals surface area contributed by atoms with Gasteiger partial charge in [0.05, 0.1) is 17.5 Å². The molecule has 1 heterocycles. The number of unbranched alkanes of at least 4 members (excludes halogenated alkanes) is 3. The second-order valence-electron chi connectivity index (χ2n) is 5.83. The molecule has 0 fully saturated rings. The minimum Gasteiger partial charge on any atom is -0.220 e. The quantitative estimate of drug-likeness (QED) is 0.334. The van der Waals surface area contributed by atoms with Crippen molar-refractivity contribution in [1.82, 2.24) is 0 Å². The molecule has 0 aliphatic carbocycles. The zero-order valence-corrected chi connectivity index (χ0v) is 13.8. The second-order valence-corrected chi connectivity index (χ2v) is 6.60. The van der Waals surface area contributed by atoms with Crippen LogP contribution in [0.3, 0.4) is 0 Å². The van der Waals surface area contributed by atoms with Gasteiger partial charge in [-0.15, -0.1) is 4.33 Å². The third-order valence-electron chi connectivity index (χ3n) is 4.43. The molecule has 0 bridgehead atoms. The second kappa shape index (κ2) is 7.40. The van der Waals surface area contributed by atoms with E-state index in [0.29, 0.717) is 0 Å². The summed E-state index contributed by atoms with van der Waals surface area (Å²) in [5.74, 6) is 0. The number of benzene rings is 1. The van der Waals surface area contributed by atoms with Gasteiger partial charge in [-0.25, -0.2) is 10.2 Å². The summed E-state index contributed by atoms with van der Waals surface area (Å²) in [6.07, 6.45) is 6.21. The smallest absolute Gasteiger partial charge is 0.207 e. The van der Waals surface area contributed by atoms with Gasteiger partial charge in [0.2, 0.25) is 5.69 Å². The molecule has 5 heteroatoms. The topological polar surface area (TPSA) is 52.7 Å². The zero-order valence-electron chi connectivity index (χ0n) is 12.9. The number of hydrogen-bond acceptors (Lipinski definition) is 4. The maximum absolute atomic E-state index is 8.27. The molecular formula is C16H24NO3S+. The van der Waals surface area contributed by atoms with Gasteiger partial charge < -0.3 is 0 Å². The summed E-state index contributed by atoms with van der Waals surface area (Å²) in [6.45, 7) is 6.70. The molecule has 0 amide bonds. The number of rotatable bonds is 8. The molecule has 2 N–H and O–H groups in total. The van der Waals surface area contributed by atoms with Crippen molar-refractivity contribution < 1.29 is 19.6 Å². The van der Waals surface area contributed by atoms with E-state index in [1.165, 1.54) is 42.6 Å². The molecule has 2 rings (SSSR count). The van der Waals surface area contributed by atoms with Crippen LogP contribution in [0.2, 0.25) is 0 Å². The Hall–Kier alpha value is -0.880. The molecule has 21 heavy (non-hydrogen) atoms. The van der Waals surface area contributed by atoms with Crippen LogP contribution in [0.4, 0.5) is 5.69 Å².